The van der Waals surface area contributed by atoms with Crippen LogP contribution in [0, 0.1) is 0 Å². The van der Waals surface area contributed by atoms with Crippen molar-refractivity contribution in [3.05, 3.63) is 17.5 Å². The molecule has 0 saturated carbocycles. The average Bonchev–Trinajstić information content (AvgIpc) is 2.87. The summed E-state index contributed by atoms with van der Waals surface area (Å²) in [6.07, 6.45) is 3.27. The number of hydrogen-bond acceptors (Lipinski definition) is 4. The Kier molecular flexibility index (Phi) is 4.77. The van der Waals surface area contributed by atoms with E-state index in [9.17, 15) is 4.79 Å². The minimum absolute atomic E-state index is 0.0507. The molecule has 0 bridgehead atoms. The van der Waals surface area contributed by atoms with Crippen LogP contribution in [0.3, 0.4) is 0 Å². The van der Waals surface area contributed by atoms with E-state index >= 15 is 0 Å². The van der Waals surface area contributed by atoms with Gasteiger partial charge in [0.1, 0.15) is 6.61 Å². The van der Waals surface area contributed by atoms with Gasteiger partial charge in [0, 0.05) is 31.1 Å². The van der Waals surface area contributed by atoms with Gasteiger partial charge in [-0.2, -0.15) is 0 Å². The van der Waals surface area contributed by atoms with Crippen LogP contribution < -0.4 is 0 Å². The number of hydrogen-bond donors (Lipinski definition) is 0. The number of ether oxygens (including phenoxy) is 1. The van der Waals surface area contributed by atoms with E-state index in [4.69, 9.17) is 9.26 Å². The monoisotopic (exact) mass is 316 g/mol. The molecule has 1 saturated heterocycles. The van der Waals surface area contributed by atoms with Crippen molar-refractivity contribution in [1.29, 1.82) is 0 Å². The minimum Gasteiger partial charge on any atom is -0.377 e. The van der Waals surface area contributed by atoms with Crippen LogP contribution in [0.1, 0.15) is 35.5 Å². The molecule has 6 heteroatoms. The van der Waals surface area contributed by atoms with Gasteiger partial charge in [0.05, 0.1) is 0 Å². The second-order valence-electron chi connectivity index (χ2n) is 4.41. The predicted octanol–water partition coefficient (Wildman–Crippen LogP) is 2.21. The summed E-state index contributed by atoms with van der Waals surface area (Å²) in [5.74, 6) is 0.526. The first-order chi connectivity index (χ1) is 8.76. The summed E-state index contributed by atoms with van der Waals surface area (Å²) in [6, 6.07) is 1.92. The number of carbonyl (C=O) groups excluding carboxylic acids is 1. The topological polar surface area (TPSA) is 55.6 Å². The van der Waals surface area contributed by atoms with E-state index in [-0.39, 0.29) is 11.9 Å². The van der Waals surface area contributed by atoms with Gasteiger partial charge in [0.15, 0.2) is 11.5 Å². The fourth-order valence-corrected chi connectivity index (χ4v) is 2.87. The van der Waals surface area contributed by atoms with E-state index < -0.39 is 0 Å². The van der Waals surface area contributed by atoms with Gasteiger partial charge < -0.3 is 14.2 Å². The summed E-state index contributed by atoms with van der Waals surface area (Å²) in [5.41, 5.74) is 0.370. The zero-order valence-corrected chi connectivity index (χ0v) is 12.0. The van der Waals surface area contributed by atoms with E-state index in [2.05, 4.69) is 21.1 Å². The zero-order valence-electron chi connectivity index (χ0n) is 10.4. The molecule has 0 spiro atoms. The van der Waals surface area contributed by atoms with Crippen LogP contribution >= 0.6 is 15.9 Å². The first-order valence-corrected chi connectivity index (χ1v) is 7.20. The van der Waals surface area contributed by atoms with Crippen LogP contribution in [0.4, 0.5) is 0 Å². The van der Waals surface area contributed by atoms with Gasteiger partial charge in [-0.3, -0.25) is 4.79 Å². The van der Waals surface area contributed by atoms with E-state index in [0.717, 1.165) is 24.7 Å². The second kappa shape index (κ2) is 6.33. The van der Waals surface area contributed by atoms with E-state index in [1.807, 2.05) is 4.90 Å². The summed E-state index contributed by atoms with van der Waals surface area (Å²) in [6.45, 7) is 1.13. The highest BCUT2D eigenvalue weighted by molar-refractivity contribution is 9.09. The molecule has 0 radical (unpaired) electrons. The highest BCUT2D eigenvalue weighted by Gasteiger charge is 2.28. The first-order valence-electron chi connectivity index (χ1n) is 6.07. The van der Waals surface area contributed by atoms with Crippen molar-refractivity contribution in [1.82, 2.24) is 10.1 Å². The number of methoxy groups -OCH3 is 1. The number of halogens is 1. The summed E-state index contributed by atoms with van der Waals surface area (Å²) in [4.78, 5) is 14.2. The third kappa shape index (κ3) is 2.92. The maximum Gasteiger partial charge on any atom is 0.276 e. The third-order valence-electron chi connectivity index (χ3n) is 3.13. The lowest BCUT2D eigenvalue weighted by molar-refractivity contribution is 0.0631. The Morgan fingerprint density at radius 2 is 2.50 bits per heavy atom. The van der Waals surface area contributed by atoms with Crippen molar-refractivity contribution >= 4 is 21.8 Å². The van der Waals surface area contributed by atoms with Crippen molar-refractivity contribution in [3.63, 3.8) is 0 Å². The fraction of sp³-hybridized carbons (Fsp3) is 0.667. The van der Waals surface area contributed by atoms with Gasteiger partial charge in [-0.25, -0.2) is 0 Å². The molecule has 1 aliphatic heterocycles. The molecule has 1 amide bonds. The van der Waals surface area contributed by atoms with Crippen molar-refractivity contribution in [2.75, 3.05) is 19.0 Å². The maximum atomic E-state index is 12.3. The lowest BCUT2D eigenvalue weighted by Gasteiger charge is -2.34. The van der Waals surface area contributed by atoms with Gasteiger partial charge in [-0.15, -0.1) is 0 Å². The number of carbonyl (C=O) groups is 1. The molecule has 2 rings (SSSR count). The Bertz CT molecular complexity index is 408. The molecular formula is C12H17BrN2O3. The molecule has 18 heavy (non-hydrogen) atoms. The van der Waals surface area contributed by atoms with Crippen LogP contribution in [-0.4, -0.2) is 41.0 Å². The lowest BCUT2D eigenvalue weighted by atomic mass is 10.0. The van der Waals surface area contributed by atoms with Crippen molar-refractivity contribution in [3.8, 4) is 0 Å². The second-order valence-corrected chi connectivity index (χ2v) is 5.06. The van der Waals surface area contributed by atoms with Crippen LogP contribution in [0.5, 0.6) is 0 Å². The molecule has 5 nitrogen and oxygen atoms in total. The SMILES string of the molecule is COCc1cc(C(=O)N2CCCCC2CBr)no1. The number of likely N-dealkylation sites (tertiary alicyclic amines) is 1. The number of nitrogens with zero attached hydrogens (tertiary/aromatic N) is 2. The van der Waals surface area contributed by atoms with E-state index in [0.29, 0.717) is 18.1 Å². The Labute approximate surface area is 115 Å². The van der Waals surface area contributed by atoms with Gasteiger partial charge in [-0.1, -0.05) is 21.1 Å². The number of aromatic nitrogens is 1. The van der Waals surface area contributed by atoms with Crippen molar-refractivity contribution in [2.45, 2.75) is 31.9 Å². The number of piperidine rings is 1. The summed E-state index contributed by atoms with van der Waals surface area (Å²) in [5, 5.41) is 4.62. The summed E-state index contributed by atoms with van der Waals surface area (Å²) >= 11 is 3.46. The Morgan fingerprint density at radius 1 is 1.67 bits per heavy atom. The molecule has 1 aromatic rings. The minimum atomic E-state index is -0.0507. The van der Waals surface area contributed by atoms with E-state index in [1.54, 1.807) is 13.2 Å². The number of alkyl halides is 1. The Balaban J connectivity index is 2.08. The Morgan fingerprint density at radius 3 is 3.22 bits per heavy atom. The molecule has 1 atom stereocenters. The zero-order chi connectivity index (χ0) is 13.0. The molecule has 0 aromatic carbocycles. The van der Waals surface area contributed by atoms with Gasteiger partial charge >= 0.3 is 0 Å². The molecule has 1 fully saturated rings. The molecule has 1 unspecified atom stereocenters. The highest BCUT2D eigenvalue weighted by Crippen LogP contribution is 2.21. The molecule has 100 valence electrons. The van der Waals surface area contributed by atoms with Crippen LogP contribution in [-0.2, 0) is 11.3 Å². The largest absolute Gasteiger partial charge is 0.377 e. The maximum absolute atomic E-state index is 12.3. The number of rotatable bonds is 4. The molecule has 1 aromatic heterocycles. The quantitative estimate of drug-likeness (QED) is 0.799. The van der Waals surface area contributed by atoms with Crippen LogP contribution in [0.15, 0.2) is 10.6 Å². The van der Waals surface area contributed by atoms with Crippen molar-refractivity contribution < 1.29 is 14.1 Å². The third-order valence-corrected chi connectivity index (χ3v) is 3.88. The summed E-state index contributed by atoms with van der Waals surface area (Å²) < 4.78 is 9.99. The standard InChI is InChI=1S/C12H17BrN2O3/c1-17-8-10-6-11(14-18-10)12(16)15-5-3-2-4-9(15)7-13/h6,9H,2-5,7-8H2,1H3. The molecular weight excluding hydrogens is 300 g/mol. The smallest absolute Gasteiger partial charge is 0.276 e. The molecule has 0 N–H and O–H groups in total. The molecule has 2 heterocycles. The lowest BCUT2D eigenvalue weighted by Crippen LogP contribution is -2.44. The normalized spacial score (nSPS) is 20.1. The Hall–Kier alpha value is -0.880. The number of amides is 1. The van der Waals surface area contributed by atoms with E-state index in [1.165, 1.54) is 6.42 Å². The van der Waals surface area contributed by atoms with Gasteiger partial charge in [0.25, 0.3) is 5.91 Å². The first kappa shape index (κ1) is 13.5. The van der Waals surface area contributed by atoms with Gasteiger partial charge in [-0.05, 0) is 19.3 Å². The van der Waals surface area contributed by atoms with Gasteiger partial charge in [0.2, 0.25) is 0 Å². The molecule has 0 aliphatic carbocycles. The fourth-order valence-electron chi connectivity index (χ4n) is 2.20. The molecule has 1 aliphatic rings. The predicted molar refractivity (Wildman–Crippen MR) is 69.7 cm³/mol. The van der Waals surface area contributed by atoms with Crippen LogP contribution in [0.2, 0.25) is 0 Å². The highest BCUT2D eigenvalue weighted by atomic mass is 79.9. The average molecular weight is 317 g/mol. The van der Waals surface area contributed by atoms with Crippen molar-refractivity contribution in [2.24, 2.45) is 0 Å². The van der Waals surface area contributed by atoms with Crippen LogP contribution in [0.25, 0.3) is 0 Å². The summed E-state index contributed by atoms with van der Waals surface area (Å²) in [7, 11) is 1.58.